The number of pyridine rings is 1. The molecule has 8 nitrogen and oxygen atoms in total. The van der Waals surface area contributed by atoms with E-state index in [1.165, 1.54) is 17.3 Å². The minimum absolute atomic E-state index is 0.106. The van der Waals surface area contributed by atoms with Gasteiger partial charge in [-0.1, -0.05) is 37.7 Å². The lowest BCUT2D eigenvalue weighted by Crippen LogP contribution is -2.34. The van der Waals surface area contributed by atoms with Crippen molar-refractivity contribution in [3.8, 4) is 22.9 Å². The van der Waals surface area contributed by atoms with Crippen molar-refractivity contribution in [2.24, 2.45) is 0 Å². The summed E-state index contributed by atoms with van der Waals surface area (Å²) in [5.41, 5.74) is 2.72. The van der Waals surface area contributed by atoms with Crippen LogP contribution in [0, 0.1) is 0 Å². The first kappa shape index (κ1) is 22.1. The standard InChI is InChI=1S/C23H27N5O3S/c1-6-28-20(17-11-24-12-18-19(17)31-13-30-18)26-27-22(28)32-23(4,5)21(29)25-16-9-7-15(8-10-16)14(2)3/h7-12,14H,6,13H2,1-5H3,(H,25,29). The van der Waals surface area contributed by atoms with Crippen LogP contribution in [0.3, 0.4) is 0 Å². The molecule has 2 aromatic heterocycles. The number of rotatable bonds is 7. The molecular weight excluding hydrogens is 426 g/mol. The Kier molecular flexibility index (Phi) is 6.10. The number of nitrogens with one attached hydrogen (secondary N) is 1. The third kappa shape index (κ3) is 4.29. The van der Waals surface area contributed by atoms with E-state index in [0.29, 0.717) is 40.5 Å². The van der Waals surface area contributed by atoms with Gasteiger partial charge in [-0.15, -0.1) is 10.2 Å². The van der Waals surface area contributed by atoms with Crippen molar-refractivity contribution < 1.29 is 14.3 Å². The molecule has 1 aromatic carbocycles. The number of ether oxygens (including phenoxy) is 2. The first-order chi connectivity index (χ1) is 15.3. The Balaban J connectivity index is 1.54. The highest BCUT2D eigenvalue weighted by Gasteiger charge is 2.33. The molecule has 168 valence electrons. The van der Waals surface area contributed by atoms with Gasteiger partial charge in [-0.05, 0) is 44.4 Å². The quantitative estimate of drug-likeness (QED) is 0.518. The van der Waals surface area contributed by atoms with Crippen LogP contribution in [0.1, 0.15) is 46.1 Å². The number of nitrogens with zero attached hydrogens (tertiary/aromatic N) is 4. The van der Waals surface area contributed by atoms with Crippen molar-refractivity contribution in [1.82, 2.24) is 19.7 Å². The fourth-order valence-electron chi connectivity index (χ4n) is 3.35. The van der Waals surface area contributed by atoms with E-state index >= 15 is 0 Å². The fraction of sp³-hybridized carbons (Fsp3) is 0.391. The number of hydrogen-bond donors (Lipinski definition) is 1. The molecule has 1 N–H and O–H groups in total. The van der Waals surface area contributed by atoms with Crippen molar-refractivity contribution in [3.63, 3.8) is 0 Å². The van der Waals surface area contributed by atoms with Gasteiger partial charge in [0.15, 0.2) is 22.5 Å². The van der Waals surface area contributed by atoms with Crippen LogP contribution in [0.5, 0.6) is 11.5 Å². The Morgan fingerprint density at radius 2 is 1.94 bits per heavy atom. The number of benzene rings is 1. The number of anilines is 1. The van der Waals surface area contributed by atoms with E-state index < -0.39 is 4.75 Å². The van der Waals surface area contributed by atoms with Gasteiger partial charge >= 0.3 is 0 Å². The highest BCUT2D eigenvalue weighted by atomic mass is 32.2. The number of aromatic nitrogens is 4. The normalized spacial score (nSPS) is 12.9. The maximum atomic E-state index is 13.1. The maximum absolute atomic E-state index is 13.1. The van der Waals surface area contributed by atoms with Gasteiger partial charge in [0.1, 0.15) is 0 Å². The minimum Gasteiger partial charge on any atom is -0.453 e. The van der Waals surface area contributed by atoms with Gasteiger partial charge in [-0.3, -0.25) is 9.78 Å². The molecule has 0 spiro atoms. The zero-order valence-electron chi connectivity index (χ0n) is 18.9. The summed E-state index contributed by atoms with van der Waals surface area (Å²) in [6.45, 7) is 10.8. The maximum Gasteiger partial charge on any atom is 0.240 e. The summed E-state index contributed by atoms with van der Waals surface area (Å²) < 4.78 is 12.2. The molecule has 32 heavy (non-hydrogen) atoms. The molecular formula is C23H27N5O3S. The zero-order valence-corrected chi connectivity index (χ0v) is 19.7. The first-order valence-corrected chi connectivity index (χ1v) is 11.4. The third-order valence-corrected chi connectivity index (χ3v) is 6.46. The molecule has 0 unspecified atom stereocenters. The van der Waals surface area contributed by atoms with E-state index in [4.69, 9.17) is 9.47 Å². The number of amides is 1. The van der Waals surface area contributed by atoms with Crippen LogP contribution < -0.4 is 14.8 Å². The molecule has 0 bridgehead atoms. The number of thioether (sulfide) groups is 1. The minimum atomic E-state index is -0.773. The molecule has 0 saturated carbocycles. The second-order valence-electron chi connectivity index (χ2n) is 8.31. The Hall–Kier alpha value is -3.07. The highest BCUT2D eigenvalue weighted by molar-refractivity contribution is 8.01. The van der Waals surface area contributed by atoms with Crippen molar-refractivity contribution in [1.29, 1.82) is 0 Å². The van der Waals surface area contributed by atoms with Gasteiger partial charge in [0.05, 0.1) is 16.5 Å². The van der Waals surface area contributed by atoms with Crippen LogP contribution in [0.4, 0.5) is 5.69 Å². The first-order valence-electron chi connectivity index (χ1n) is 10.6. The lowest BCUT2D eigenvalue weighted by Gasteiger charge is -2.23. The molecule has 3 heterocycles. The van der Waals surface area contributed by atoms with Crippen molar-refractivity contribution in [3.05, 3.63) is 42.2 Å². The van der Waals surface area contributed by atoms with Crippen LogP contribution in [-0.2, 0) is 11.3 Å². The van der Waals surface area contributed by atoms with Gasteiger partial charge in [0, 0.05) is 18.4 Å². The summed E-state index contributed by atoms with van der Waals surface area (Å²) in [4.78, 5) is 17.3. The summed E-state index contributed by atoms with van der Waals surface area (Å²) in [6.07, 6.45) is 3.31. The summed E-state index contributed by atoms with van der Waals surface area (Å²) >= 11 is 1.37. The third-order valence-electron chi connectivity index (χ3n) is 5.28. The van der Waals surface area contributed by atoms with Crippen LogP contribution >= 0.6 is 11.8 Å². The molecule has 3 aromatic rings. The van der Waals surface area contributed by atoms with E-state index in [0.717, 1.165) is 5.69 Å². The van der Waals surface area contributed by atoms with E-state index in [1.807, 2.05) is 49.6 Å². The van der Waals surface area contributed by atoms with Gasteiger partial charge in [-0.2, -0.15) is 0 Å². The average Bonchev–Trinajstić information content (AvgIpc) is 3.40. The fourth-order valence-corrected chi connectivity index (χ4v) is 4.36. The van der Waals surface area contributed by atoms with Gasteiger partial charge in [-0.25, -0.2) is 0 Å². The van der Waals surface area contributed by atoms with Crippen LogP contribution in [0.2, 0.25) is 0 Å². The average molecular weight is 454 g/mol. The molecule has 1 aliphatic rings. The lowest BCUT2D eigenvalue weighted by atomic mass is 10.0. The van der Waals surface area contributed by atoms with E-state index in [-0.39, 0.29) is 12.7 Å². The zero-order chi connectivity index (χ0) is 22.9. The number of carbonyl (C=O) groups excluding carboxylic acids is 1. The lowest BCUT2D eigenvalue weighted by molar-refractivity contribution is -0.117. The Morgan fingerprint density at radius 3 is 2.62 bits per heavy atom. The predicted molar refractivity (Wildman–Crippen MR) is 124 cm³/mol. The van der Waals surface area contributed by atoms with E-state index in [2.05, 4.69) is 34.3 Å². The smallest absolute Gasteiger partial charge is 0.240 e. The summed E-state index contributed by atoms with van der Waals surface area (Å²) in [7, 11) is 0. The number of carbonyl (C=O) groups is 1. The number of hydrogen-bond acceptors (Lipinski definition) is 7. The molecule has 0 fully saturated rings. The van der Waals surface area contributed by atoms with Crippen LogP contribution in [-0.4, -0.2) is 37.2 Å². The topological polar surface area (TPSA) is 91.2 Å². The SMILES string of the molecule is CCn1c(SC(C)(C)C(=O)Nc2ccc(C(C)C)cc2)nnc1-c1cncc2c1OCO2. The monoisotopic (exact) mass is 453 g/mol. The van der Waals surface area contributed by atoms with E-state index in [1.54, 1.807) is 12.4 Å². The molecule has 0 radical (unpaired) electrons. The Morgan fingerprint density at radius 1 is 1.19 bits per heavy atom. The second kappa shape index (κ2) is 8.82. The second-order valence-corrected chi connectivity index (χ2v) is 9.90. The van der Waals surface area contributed by atoms with Crippen molar-refractivity contribution >= 4 is 23.4 Å². The van der Waals surface area contributed by atoms with Crippen molar-refractivity contribution in [2.45, 2.75) is 57.0 Å². The Bertz CT molecular complexity index is 1130. The Labute approximate surface area is 191 Å². The van der Waals surface area contributed by atoms with Gasteiger partial charge in [0.2, 0.25) is 12.7 Å². The van der Waals surface area contributed by atoms with Crippen molar-refractivity contribution in [2.75, 3.05) is 12.1 Å². The molecule has 0 atom stereocenters. The molecule has 0 saturated heterocycles. The van der Waals surface area contributed by atoms with Gasteiger partial charge < -0.3 is 19.4 Å². The molecule has 4 rings (SSSR count). The summed E-state index contributed by atoms with van der Waals surface area (Å²) in [5.74, 6) is 2.17. The summed E-state index contributed by atoms with van der Waals surface area (Å²) in [6, 6.07) is 7.95. The molecule has 1 amide bonds. The van der Waals surface area contributed by atoms with Crippen LogP contribution in [0.15, 0.2) is 41.8 Å². The van der Waals surface area contributed by atoms with Gasteiger partial charge in [0.25, 0.3) is 0 Å². The molecule has 9 heteroatoms. The largest absolute Gasteiger partial charge is 0.453 e. The predicted octanol–water partition coefficient (Wildman–Crippen LogP) is 4.72. The highest BCUT2D eigenvalue weighted by Crippen LogP contribution is 2.41. The number of fused-ring (bicyclic) bond motifs is 1. The van der Waals surface area contributed by atoms with E-state index in [9.17, 15) is 4.79 Å². The molecule has 1 aliphatic heterocycles. The summed E-state index contributed by atoms with van der Waals surface area (Å²) in [5, 5.41) is 12.4. The van der Waals surface area contributed by atoms with Crippen LogP contribution in [0.25, 0.3) is 11.4 Å². The molecule has 0 aliphatic carbocycles.